The van der Waals surface area contributed by atoms with Gasteiger partial charge in [-0.3, -0.25) is 4.68 Å². The molecule has 35 heavy (non-hydrogen) atoms. The molecule has 1 aromatic carbocycles. The zero-order valence-electron chi connectivity index (χ0n) is 21.1. The number of rotatable bonds is 10. The van der Waals surface area contributed by atoms with Gasteiger partial charge in [-0.05, 0) is 50.9 Å². The second-order valence-electron chi connectivity index (χ2n) is 8.98. The number of methoxy groups -OCH3 is 2. The van der Waals surface area contributed by atoms with Crippen molar-refractivity contribution >= 4 is 34.5 Å². The molecule has 190 valence electrons. The van der Waals surface area contributed by atoms with Gasteiger partial charge in [-0.15, -0.1) is 0 Å². The van der Waals surface area contributed by atoms with Crippen molar-refractivity contribution in [3.8, 4) is 11.5 Å². The number of ether oxygens (including phenoxy) is 3. The van der Waals surface area contributed by atoms with Crippen LogP contribution in [-0.2, 0) is 17.8 Å². The van der Waals surface area contributed by atoms with E-state index < -0.39 is 11.7 Å². The van der Waals surface area contributed by atoms with Gasteiger partial charge in [-0.25, -0.2) is 9.78 Å². The number of benzene rings is 1. The number of fused-ring (bicyclic) bond motifs is 1. The molecule has 3 aromatic rings. The van der Waals surface area contributed by atoms with Crippen LogP contribution in [0.25, 0.3) is 11.0 Å². The third-order valence-corrected chi connectivity index (χ3v) is 5.24. The molecule has 0 saturated heterocycles. The van der Waals surface area contributed by atoms with Crippen LogP contribution in [0.1, 0.15) is 51.7 Å². The summed E-state index contributed by atoms with van der Waals surface area (Å²) in [5.41, 5.74) is 2.22. The predicted molar refractivity (Wildman–Crippen MR) is 135 cm³/mol. The standard InChI is InChI=1S/C24H33ClN6O4/c1-7-8-11-26-21-19-17(28-22(25)29-21)14-31(30-19)13-16-18(33-5)10-9-15(20(16)34-6)12-27-23(32)35-24(2,3)4/h9-10,14H,7-8,11-13H2,1-6H3,(H,27,32)(H,26,28,29). The van der Waals surface area contributed by atoms with Crippen molar-refractivity contribution in [3.63, 3.8) is 0 Å². The molecular formula is C24H33ClN6O4. The highest BCUT2D eigenvalue weighted by Crippen LogP contribution is 2.33. The van der Waals surface area contributed by atoms with E-state index in [2.05, 4.69) is 27.5 Å². The Balaban J connectivity index is 1.90. The minimum atomic E-state index is -0.586. The number of amides is 1. The molecule has 0 aliphatic carbocycles. The Kier molecular flexibility index (Phi) is 8.61. The molecule has 0 spiro atoms. The fraction of sp³-hybridized carbons (Fsp3) is 0.500. The summed E-state index contributed by atoms with van der Waals surface area (Å²) in [6, 6.07) is 3.68. The van der Waals surface area contributed by atoms with Gasteiger partial charge in [0.1, 0.15) is 22.6 Å². The van der Waals surface area contributed by atoms with E-state index >= 15 is 0 Å². The van der Waals surface area contributed by atoms with Crippen molar-refractivity contribution in [1.29, 1.82) is 0 Å². The van der Waals surface area contributed by atoms with Crippen LogP contribution in [0, 0.1) is 0 Å². The summed E-state index contributed by atoms with van der Waals surface area (Å²) in [6.07, 6.45) is 3.36. The molecule has 0 atom stereocenters. The summed E-state index contributed by atoms with van der Waals surface area (Å²) in [4.78, 5) is 20.8. The Labute approximate surface area is 210 Å². The molecule has 0 aliphatic heterocycles. The molecule has 2 aromatic heterocycles. The molecule has 3 rings (SSSR count). The first-order chi connectivity index (χ1) is 16.6. The van der Waals surface area contributed by atoms with Crippen molar-refractivity contribution in [1.82, 2.24) is 25.1 Å². The predicted octanol–water partition coefficient (Wildman–Crippen LogP) is 4.78. The van der Waals surface area contributed by atoms with Gasteiger partial charge in [0.15, 0.2) is 11.3 Å². The summed E-state index contributed by atoms with van der Waals surface area (Å²) in [5, 5.41) is 10.9. The SMILES string of the molecule is CCCCNc1nc(Cl)nc2cn(Cc3c(OC)ccc(CNC(=O)OC(C)(C)C)c3OC)nc12. The van der Waals surface area contributed by atoms with E-state index in [1.165, 1.54) is 0 Å². The molecule has 0 saturated carbocycles. The van der Waals surface area contributed by atoms with E-state index in [4.69, 9.17) is 30.9 Å². The number of carbonyl (C=O) groups is 1. The topological polar surface area (TPSA) is 112 Å². The number of hydrogen-bond donors (Lipinski definition) is 2. The van der Waals surface area contributed by atoms with Crippen molar-refractivity contribution in [2.45, 2.75) is 59.2 Å². The Morgan fingerprint density at radius 3 is 2.60 bits per heavy atom. The first-order valence-corrected chi connectivity index (χ1v) is 11.9. The zero-order chi connectivity index (χ0) is 25.6. The van der Waals surface area contributed by atoms with Crippen molar-refractivity contribution in [2.24, 2.45) is 0 Å². The summed E-state index contributed by atoms with van der Waals surface area (Å²) >= 11 is 6.14. The number of carbonyl (C=O) groups excluding carboxylic acids is 1. The van der Waals surface area contributed by atoms with Crippen LogP contribution in [0.4, 0.5) is 10.6 Å². The minimum absolute atomic E-state index is 0.154. The molecule has 0 unspecified atom stereocenters. The summed E-state index contributed by atoms with van der Waals surface area (Å²) in [6.45, 7) is 8.90. The van der Waals surface area contributed by atoms with Crippen LogP contribution < -0.4 is 20.1 Å². The lowest BCUT2D eigenvalue weighted by atomic mass is 10.1. The smallest absolute Gasteiger partial charge is 0.407 e. The molecule has 0 aliphatic rings. The number of nitrogens with zero attached hydrogens (tertiary/aromatic N) is 4. The van der Waals surface area contributed by atoms with Gasteiger partial charge in [0, 0.05) is 18.7 Å². The Hall–Kier alpha value is -3.27. The van der Waals surface area contributed by atoms with Crippen LogP contribution in [-0.4, -0.2) is 52.2 Å². The average Bonchev–Trinajstić information content (AvgIpc) is 3.19. The number of alkyl carbamates (subject to hydrolysis) is 1. The number of nitrogens with one attached hydrogen (secondary N) is 2. The molecule has 0 radical (unpaired) electrons. The number of hydrogen-bond acceptors (Lipinski definition) is 8. The Morgan fingerprint density at radius 1 is 1.17 bits per heavy atom. The number of unbranched alkanes of at least 4 members (excludes halogenated alkanes) is 1. The molecular weight excluding hydrogens is 472 g/mol. The monoisotopic (exact) mass is 504 g/mol. The van der Waals surface area contributed by atoms with Crippen LogP contribution in [0.5, 0.6) is 11.5 Å². The molecule has 1 amide bonds. The quantitative estimate of drug-likeness (QED) is 0.299. The lowest BCUT2D eigenvalue weighted by Gasteiger charge is -2.21. The fourth-order valence-corrected chi connectivity index (χ4v) is 3.73. The maximum absolute atomic E-state index is 12.1. The third-order valence-electron chi connectivity index (χ3n) is 5.07. The maximum atomic E-state index is 12.1. The molecule has 10 nitrogen and oxygen atoms in total. The second-order valence-corrected chi connectivity index (χ2v) is 9.31. The summed E-state index contributed by atoms with van der Waals surface area (Å²) < 4.78 is 18.4. The van der Waals surface area contributed by atoms with Crippen molar-refractivity contribution < 1.29 is 19.0 Å². The minimum Gasteiger partial charge on any atom is -0.496 e. The molecule has 0 fully saturated rings. The highest BCUT2D eigenvalue weighted by molar-refractivity contribution is 6.28. The van der Waals surface area contributed by atoms with E-state index in [-0.39, 0.29) is 11.8 Å². The number of anilines is 1. The zero-order valence-corrected chi connectivity index (χ0v) is 21.8. The number of aromatic nitrogens is 4. The first-order valence-electron chi connectivity index (χ1n) is 11.5. The highest BCUT2D eigenvalue weighted by Gasteiger charge is 2.20. The maximum Gasteiger partial charge on any atom is 0.407 e. The van der Waals surface area contributed by atoms with Crippen LogP contribution in [0.2, 0.25) is 5.28 Å². The molecule has 2 heterocycles. The Morgan fingerprint density at radius 2 is 1.94 bits per heavy atom. The second kappa shape index (κ2) is 11.4. The van der Waals surface area contributed by atoms with E-state index in [0.717, 1.165) is 30.5 Å². The van der Waals surface area contributed by atoms with Crippen molar-refractivity contribution in [3.05, 3.63) is 34.7 Å². The first kappa shape index (κ1) is 26.3. The van der Waals surface area contributed by atoms with Crippen molar-refractivity contribution in [2.75, 3.05) is 26.1 Å². The van der Waals surface area contributed by atoms with Gasteiger partial charge in [-0.1, -0.05) is 13.3 Å². The Bertz CT molecular complexity index is 1180. The highest BCUT2D eigenvalue weighted by atomic mass is 35.5. The average molecular weight is 505 g/mol. The molecule has 2 N–H and O–H groups in total. The van der Waals surface area contributed by atoms with E-state index in [1.54, 1.807) is 25.1 Å². The summed E-state index contributed by atoms with van der Waals surface area (Å²) in [7, 11) is 3.17. The van der Waals surface area contributed by atoms with Gasteiger partial charge in [-0.2, -0.15) is 10.1 Å². The van der Waals surface area contributed by atoms with Crippen LogP contribution >= 0.6 is 11.6 Å². The van der Waals surface area contributed by atoms with E-state index in [0.29, 0.717) is 34.9 Å². The normalized spacial score (nSPS) is 11.4. The van der Waals surface area contributed by atoms with E-state index in [1.807, 2.05) is 32.9 Å². The van der Waals surface area contributed by atoms with Gasteiger partial charge in [0.2, 0.25) is 5.28 Å². The lowest BCUT2D eigenvalue weighted by molar-refractivity contribution is 0.0523. The van der Waals surface area contributed by atoms with Gasteiger partial charge >= 0.3 is 6.09 Å². The molecule has 0 bridgehead atoms. The van der Waals surface area contributed by atoms with Gasteiger partial charge in [0.25, 0.3) is 0 Å². The van der Waals surface area contributed by atoms with Crippen LogP contribution in [0.3, 0.4) is 0 Å². The van der Waals surface area contributed by atoms with E-state index in [9.17, 15) is 4.79 Å². The van der Waals surface area contributed by atoms with Gasteiger partial charge in [0.05, 0.1) is 32.5 Å². The van der Waals surface area contributed by atoms with Crippen LogP contribution in [0.15, 0.2) is 18.3 Å². The molecule has 11 heteroatoms. The lowest BCUT2D eigenvalue weighted by Crippen LogP contribution is -2.32. The largest absolute Gasteiger partial charge is 0.496 e. The number of halogens is 1. The van der Waals surface area contributed by atoms with Gasteiger partial charge < -0.3 is 24.8 Å². The third kappa shape index (κ3) is 6.88. The fourth-order valence-electron chi connectivity index (χ4n) is 3.56. The summed E-state index contributed by atoms with van der Waals surface area (Å²) in [5.74, 6) is 1.82.